The highest BCUT2D eigenvalue weighted by molar-refractivity contribution is 5.68. The van der Waals surface area contributed by atoms with Crippen LogP contribution in [0.25, 0.3) is 0 Å². The molecule has 0 aliphatic carbocycles. The van der Waals surface area contributed by atoms with Gasteiger partial charge in [-0.3, -0.25) is 0 Å². The fourth-order valence-electron chi connectivity index (χ4n) is 2.29. The number of carbonyl (C=O) groups excluding carboxylic acids is 1. The standard InChI is InChI=1S/C11H20N2O2/c1-9-3-4-10(7-12-9)8-13-5-2-6-15-11(13)14/h9-10,12H,2-8H2,1H3. The minimum Gasteiger partial charge on any atom is -0.449 e. The van der Waals surface area contributed by atoms with E-state index in [0.29, 0.717) is 18.6 Å². The molecule has 2 atom stereocenters. The largest absolute Gasteiger partial charge is 0.449 e. The van der Waals surface area contributed by atoms with E-state index in [-0.39, 0.29) is 6.09 Å². The van der Waals surface area contributed by atoms with Gasteiger partial charge in [0, 0.05) is 19.1 Å². The molecule has 0 radical (unpaired) electrons. The first kappa shape index (κ1) is 10.7. The van der Waals surface area contributed by atoms with Crippen molar-refractivity contribution < 1.29 is 9.53 Å². The van der Waals surface area contributed by atoms with Crippen LogP contribution in [-0.4, -0.2) is 43.3 Å². The minimum atomic E-state index is -0.125. The zero-order chi connectivity index (χ0) is 10.7. The Bertz CT molecular complexity index is 225. The Morgan fingerprint density at radius 1 is 1.53 bits per heavy atom. The molecule has 2 unspecified atom stereocenters. The second-order valence-electron chi connectivity index (χ2n) is 4.67. The maximum atomic E-state index is 11.4. The lowest BCUT2D eigenvalue weighted by Gasteiger charge is -2.33. The molecule has 2 aliphatic rings. The quantitative estimate of drug-likeness (QED) is 0.748. The van der Waals surface area contributed by atoms with Crippen LogP contribution in [0, 0.1) is 5.92 Å². The lowest BCUT2D eigenvalue weighted by molar-refractivity contribution is 0.0637. The summed E-state index contributed by atoms with van der Waals surface area (Å²) in [6, 6.07) is 0.634. The zero-order valence-electron chi connectivity index (χ0n) is 9.37. The van der Waals surface area contributed by atoms with Crippen molar-refractivity contribution in [3.8, 4) is 0 Å². The second kappa shape index (κ2) is 4.84. The van der Waals surface area contributed by atoms with Crippen LogP contribution in [-0.2, 0) is 4.74 Å². The van der Waals surface area contributed by atoms with Crippen molar-refractivity contribution in [2.45, 2.75) is 32.2 Å². The average molecular weight is 212 g/mol. The monoisotopic (exact) mass is 212 g/mol. The summed E-state index contributed by atoms with van der Waals surface area (Å²) in [5.74, 6) is 0.604. The van der Waals surface area contributed by atoms with Gasteiger partial charge in [-0.1, -0.05) is 0 Å². The third kappa shape index (κ3) is 2.84. The third-order valence-electron chi connectivity index (χ3n) is 3.30. The molecule has 0 saturated carbocycles. The van der Waals surface area contributed by atoms with E-state index in [1.807, 2.05) is 4.90 Å². The molecule has 2 fully saturated rings. The normalized spacial score (nSPS) is 32.6. The number of piperidine rings is 1. The molecule has 2 aliphatic heterocycles. The van der Waals surface area contributed by atoms with E-state index in [1.165, 1.54) is 12.8 Å². The average Bonchev–Trinajstić information content (AvgIpc) is 2.25. The van der Waals surface area contributed by atoms with Crippen molar-refractivity contribution in [2.24, 2.45) is 5.92 Å². The Balaban J connectivity index is 1.78. The van der Waals surface area contributed by atoms with Crippen LogP contribution in [0.4, 0.5) is 4.79 Å². The number of hydrogen-bond donors (Lipinski definition) is 1. The molecule has 4 heteroatoms. The summed E-state index contributed by atoms with van der Waals surface area (Å²) in [6.45, 7) is 5.56. The highest BCUT2D eigenvalue weighted by Crippen LogP contribution is 2.17. The summed E-state index contributed by atoms with van der Waals surface area (Å²) >= 11 is 0. The maximum absolute atomic E-state index is 11.4. The van der Waals surface area contributed by atoms with Gasteiger partial charge in [-0.25, -0.2) is 4.79 Å². The smallest absolute Gasteiger partial charge is 0.409 e. The van der Waals surface area contributed by atoms with Crippen molar-refractivity contribution in [3.63, 3.8) is 0 Å². The number of hydrogen-bond acceptors (Lipinski definition) is 3. The molecule has 0 spiro atoms. The van der Waals surface area contributed by atoms with Gasteiger partial charge in [-0.2, -0.15) is 0 Å². The lowest BCUT2D eigenvalue weighted by atomic mass is 9.95. The van der Waals surface area contributed by atoms with Crippen molar-refractivity contribution in [3.05, 3.63) is 0 Å². The van der Waals surface area contributed by atoms with Crippen molar-refractivity contribution in [1.82, 2.24) is 10.2 Å². The first-order chi connectivity index (χ1) is 7.25. The predicted molar refractivity (Wildman–Crippen MR) is 57.7 cm³/mol. The van der Waals surface area contributed by atoms with E-state index in [2.05, 4.69) is 12.2 Å². The molecule has 15 heavy (non-hydrogen) atoms. The molecule has 0 aromatic heterocycles. The number of amides is 1. The van der Waals surface area contributed by atoms with E-state index >= 15 is 0 Å². The van der Waals surface area contributed by atoms with Crippen molar-refractivity contribution in [2.75, 3.05) is 26.2 Å². The Kier molecular flexibility index (Phi) is 3.46. The van der Waals surface area contributed by atoms with E-state index < -0.39 is 0 Å². The van der Waals surface area contributed by atoms with Crippen molar-refractivity contribution >= 4 is 6.09 Å². The van der Waals surface area contributed by atoms with Crippen LogP contribution in [0.2, 0.25) is 0 Å². The highest BCUT2D eigenvalue weighted by atomic mass is 16.6. The number of ether oxygens (including phenoxy) is 1. The molecule has 2 rings (SSSR count). The van der Waals surface area contributed by atoms with Gasteiger partial charge in [-0.05, 0) is 38.6 Å². The molecule has 2 heterocycles. The molecule has 86 valence electrons. The van der Waals surface area contributed by atoms with Crippen LogP contribution < -0.4 is 5.32 Å². The lowest BCUT2D eigenvalue weighted by Crippen LogP contribution is -2.45. The van der Waals surface area contributed by atoms with Gasteiger partial charge in [0.2, 0.25) is 0 Å². The summed E-state index contributed by atoms with van der Waals surface area (Å²) in [4.78, 5) is 13.3. The number of nitrogens with zero attached hydrogens (tertiary/aromatic N) is 1. The van der Waals surface area contributed by atoms with E-state index in [4.69, 9.17) is 4.74 Å². The molecule has 1 amide bonds. The molecule has 1 N–H and O–H groups in total. The Hall–Kier alpha value is -0.770. The van der Waals surface area contributed by atoms with Gasteiger partial charge in [0.1, 0.15) is 0 Å². The number of carbonyl (C=O) groups is 1. The van der Waals surface area contributed by atoms with Crippen LogP contribution in [0.15, 0.2) is 0 Å². The van der Waals surface area contributed by atoms with Crippen LogP contribution >= 0.6 is 0 Å². The molecular formula is C11H20N2O2. The Morgan fingerprint density at radius 2 is 2.40 bits per heavy atom. The maximum Gasteiger partial charge on any atom is 0.409 e. The van der Waals surface area contributed by atoms with Gasteiger partial charge in [0.15, 0.2) is 0 Å². The molecular weight excluding hydrogens is 192 g/mol. The summed E-state index contributed by atoms with van der Waals surface area (Å²) in [5, 5.41) is 3.46. The van der Waals surface area contributed by atoms with Crippen LogP contribution in [0.5, 0.6) is 0 Å². The first-order valence-electron chi connectivity index (χ1n) is 5.91. The number of rotatable bonds is 2. The van der Waals surface area contributed by atoms with Gasteiger partial charge < -0.3 is 15.0 Å². The molecule has 4 nitrogen and oxygen atoms in total. The van der Waals surface area contributed by atoms with Crippen LogP contribution in [0.1, 0.15) is 26.2 Å². The Morgan fingerprint density at radius 3 is 3.07 bits per heavy atom. The highest BCUT2D eigenvalue weighted by Gasteiger charge is 2.25. The van der Waals surface area contributed by atoms with Crippen LogP contribution in [0.3, 0.4) is 0 Å². The fourth-order valence-corrected chi connectivity index (χ4v) is 2.29. The van der Waals surface area contributed by atoms with E-state index in [9.17, 15) is 4.79 Å². The number of nitrogens with one attached hydrogen (secondary N) is 1. The topological polar surface area (TPSA) is 41.6 Å². The van der Waals surface area contributed by atoms with Gasteiger partial charge in [0.05, 0.1) is 6.61 Å². The SMILES string of the molecule is CC1CCC(CN2CCCOC2=O)CN1. The fraction of sp³-hybridized carbons (Fsp3) is 0.909. The Labute approximate surface area is 91.0 Å². The molecule has 0 bridgehead atoms. The summed E-state index contributed by atoms with van der Waals surface area (Å²) < 4.78 is 5.02. The third-order valence-corrected chi connectivity index (χ3v) is 3.30. The molecule has 0 aromatic rings. The van der Waals surface area contributed by atoms with Crippen molar-refractivity contribution in [1.29, 1.82) is 0 Å². The molecule has 0 aromatic carbocycles. The predicted octanol–water partition coefficient (Wildman–Crippen LogP) is 1.22. The summed E-state index contributed by atoms with van der Waals surface area (Å²) in [6.07, 6.45) is 3.29. The van der Waals surface area contributed by atoms with E-state index in [0.717, 1.165) is 26.1 Å². The number of cyclic esters (lactones) is 1. The first-order valence-corrected chi connectivity index (χ1v) is 5.91. The second-order valence-corrected chi connectivity index (χ2v) is 4.67. The van der Waals surface area contributed by atoms with Gasteiger partial charge in [0.25, 0.3) is 0 Å². The zero-order valence-corrected chi connectivity index (χ0v) is 9.37. The molecule has 2 saturated heterocycles. The van der Waals surface area contributed by atoms with Gasteiger partial charge >= 0.3 is 6.09 Å². The summed E-state index contributed by atoms with van der Waals surface area (Å²) in [7, 11) is 0. The van der Waals surface area contributed by atoms with Gasteiger partial charge in [-0.15, -0.1) is 0 Å². The summed E-state index contributed by atoms with van der Waals surface area (Å²) in [5.41, 5.74) is 0. The van der Waals surface area contributed by atoms with E-state index in [1.54, 1.807) is 0 Å². The minimum absolute atomic E-state index is 0.125.